The number of aliphatic carboxylic acids is 1. The summed E-state index contributed by atoms with van der Waals surface area (Å²) < 4.78 is 0. The molecule has 5 nitrogen and oxygen atoms in total. The van der Waals surface area contributed by atoms with Gasteiger partial charge in [-0.2, -0.15) is 0 Å². The molecule has 0 aromatic rings. The average molecular weight is 352 g/mol. The van der Waals surface area contributed by atoms with Crippen molar-refractivity contribution in [2.24, 2.45) is 0 Å². The molecule has 0 spiro atoms. The number of carboxylic acids is 1. The monoisotopic (exact) mass is 352 g/mol. The fourth-order valence-corrected chi connectivity index (χ4v) is 2.58. The number of carbonyl (C=O) groups excluding carboxylic acids is 1. The first-order valence-electron chi connectivity index (χ1n) is 9.02. The minimum Gasteiger partial charge on any atom is -0.541 e. The van der Waals surface area contributed by atoms with Crippen LogP contribution in [0, 0.1) is 0 Å². The van der Waals surface area contributed by atoms with Gasteiger partial charge in [0.05, 0.1) is 0 Å². The van der Waals surface area contributed by atoms with Crippen LogP contribution in [0.5, 0.6) is 0 Å². The van der Waals surface area contributed by atoms with Crippen LogP contribution in [0.3, 0.4) is 0 Å². The Bertz CT molecular complexity index is 344. The molecule has 0 aromatic heterocycles. The number of hydrogen-bond acceptors (Lipinski definition) is 5. The molecule has 0 saturated carbocycles. The zero-order chi connectivity index (χ0) is 17.5. The number of carbonyl (C=O) groups is 1. The standard InChI is InChI=1S/C18H34O5.Na/c1-2-3-4-5-6-7-8-9-10-11-12-13-14-15(19)16(20)17(21)18(22)23;/h15,19-21H,2-14H2,1H3,(H,22,23);/q;+1/p-1. The Morgan fingerprint density at radius 3 is 1.58 bits per heavy atom. The van der Waals surface area contributed by atoms with Crippen molar-refractivity contribution in [1.82, 2.24) is 0 Å². The fourth-order valence-electron chi connectivity index (χ4n) is 2.58. The van der Waals surface area contributed by atoms with Crippen LogP contribution in [-0.4, -0.2) is 27.4 Å². The molecular formula is C18H33NaO5. The summed E-state index contributed by atoms with van der Waals surface area (Å²) in [6.45, 7) is 2.22. The molecule has 6 heteroatoms. The molecule has 24 heavy (non-hydrogen) atoms. The Morgan fingerprint density at radius 2 is 1.21 bits per heavy atom. The summed E-state index contributed by atoms with van der Waals surface area (Å²) in [5, 5.41) is 38.1. The average Bonchev–Trinajstić information content (AvgIpc) is 2.54. The molecule has 0 rings (SSSR count). The molecule has 0 saturated heterocycles. The molecule has 0 radical (unpaired) electrons. The summed E-state index contributed by atoms with van der Waals surface area (Å²) >= 11 is 0. The van der Waals surface area contributed by atoms with Gasteiger partial charge in [0.1, 0.15) is 12.1 Å². The van der Waals surface area contributed by atoms with E-state index in [1.807, 2.05) is 0 Å². The minimum absolute atomic E-state index is 0. The van der Waals surface area contributed by atoms with Crippen LogP contribution < -0.4 is 34.7 Å². The van der Waals surface area contributed by atoms with E-state index in [0.29, 0.717) is 6.42 Å². The molecule has 3 N–H and O–H groups in total. The summed E-state index contributed by atoms with van der Waals surface area (Å²) in [4.78, 5) is 10.3. The molecule has 0 aromatic carbocycles. The van der Waals surface area contributed by atoms with E-state index in [1.54, 1.807) is 0 Å². The molecule has 0 bridgehead atoms. The van der Waals surface area contributed by atoms with Crippen molar-refractivity contribution in [3.8, 4) is 0 Å². The van der Waals surface area contributed by atoms with Crippen LogP contribution >= 0.6 is 0 Å². The molecule has 1 atom stereocenters. The summed E-state index contributed by atoms with van der Waals surface area (Å²) in [7, 11) is 0. The fraction of sp³-hybridized carbons (Fsp3) is 0.833. The maximum Gasteiger partial charge on any atom is 1.00 e. The predicted molar refractivity (Wildman–Crippen MR) is 89.0 cm³/mol. The van der Waals surface area contributed by atoms with Crippen molar-refractivity contribution in [1.29, 1.82) is 0 Å². The van der Waals surface area contributed by atoms with Gasteiger partial charge < -0.3 is 25.2 Å². The van der Waals surface area contributed by atoms with Gasteiger partial charge in [-0.15, -0.1) is 0 Å². The summed E-state index contributed by atoms with van der Waals surface area (Å²) in [5.74, 6) is -4.07. The van der Waals surface area contributed by atoms with E-state index >= 15 is 0 Å². The van der Waals surface area contributed by atoms with Crippen molar-refractivity contribution in [2.75, 3.05) is 0 Å². The molecule has 0 amide bonds. The Balaban J connectivity index is 0. The number of aliphatic hydroxyl groups is 3. The van der Waals surface area contributed by atoms with E-state index < -0.39 is 23.6 Å². The predicted octanol–water partition coefficient (Wildman–Crippen LogP) is 0.520. The molecule has 0 fully saturated rings. The number of rotatable bonds is 15. The molecule has 0 aliphatic rings. The number of aliphatic hydroxyl groups excluding tert-OH is 3. The molecule has 0 aliphatic carbocycles. The second-order valence-electron chi connectivity index (χ2n) is 6.21. The Hall–Kier alpha value is -0.230. The largest absolute Gasteiger partial charge is 1.00 e. The number of hydrogen-bond donors (Lipinski definition) is 3. The Kier molecular flexibility index (Phi) is 19.1. The van der Waals surface area contributed by atoms with E-state index in [0.717, 1.165) is 19.3 Å². The second kappa shape index (κ2) is 17.6. The number of carboxylic acid groups (broad SMARTS) is 1. The maximum atomic E-state index is 10.3. The van der Waals surface area contributed by atoms with Gasteiger partial charge in [0.15, 0.2) is 11.5 Å². The smallest absolute Gasteiger partial charge is 0.541 e. The SMILES string of the molecule is CCCCCCCCCCCCCCC(O)C(O)=C(O)C(=O)[O-].[Na+]. The van der Waals surface area contributed by atoms with E-state index in [-0.39, 0.29) is 36.0 Å². The van der Waals surface area contributed by atoms with Gasteiger partial charge in [-0.25, -0.2) is 0 Å². The van der Waals surface area contributed by atoms with Gasteiger partial charge in [0.25, 0.3) is 0 Å². The van der Waals surface area contributed by atoms with Crippen molar-refractivity contribution in [2.45, 2.75) is 96.5 Å². The third-order valence-electron chi connectivity index (χ3n) is 4.08. The van der Waals surface area contributed by atoms with E-state index in [1.165, 1.54) is 51.4 Å². The van der Waals surface area contributed by atoms with Crippen LogP contribution in [-0.2, 0) is 4.79 Å². The number of unbranched alkanes of at least 4 members (excludes halogenated alkanes) is 11. The first-order valence-corrected chi connectivity index (χ1v) is 9.02. The van der Waals surface area contributed by atoms with Crippen LogP contribution in [0.4, 0.5) is 0 Å². The topological polar surface area (TPSA) is 101 Å². The molecule has 0 aliphatic heterocycles. The van der Waals surface area contributed by atoms with E-state index in [4.69, 9.17) is 5.11 Å². The first-order chi connectivity index (χ1) is 11.0. The van der Waals surface area contributed by atoms with Gasteiger partial charge in [-0.1, -0.05) is 84.0 Å². The van der Waals surface area contributed by atoms with Gasteiger partial charge in [0, 0.05) is 0 Å². The van der Waals surface area contributed by atoms with Crippen LogP contribution in [0.25, 0.3) is 0 Å². The van der Waals surface area contributed by atoms with Crippen molar-refractivity contribution in [3.05, 3.63) is 11.5 Å². The summed E-state index contributed by atoms with van der Waals surface area (Å²) in [6.07, 6.45) is 13.2. The summed E-state index contributed by atoms with van der Waals surface area (Å²) in [5.41, 5.74) is 0. The van der Waals surface area contributed by atoms with Crippen molar-refractivity contribution in [3.63, 3.8) is 0 Å². The van der Waals surface area contributed by atoms with Crippen LogP contribution in [0.1, 0.15) is 90.4 Å². The van der Waals surface area contributed by atoms with Gasteiger partial charge in [-0.05, 0) is 6.42 Å². The first kappa shape index (κ1) is 26.0. The molecule has 1 unspecified atom stereocenters. The van der Waals surface area contributed by atoms with Gasteiger partial charge in [0.2, 0.25) is 0 Å². The van der Waals surface area contributed by atoms with Crippen LogP contribution in [0.15, 0.2) is 11.5 Å². The second-order valence-corrected chi connectivity index (χ2v) is 6.21. The van der Waals surface area contributed by atoms with Crippen molar-refractivity contribution < 1.29 is 54.8 Å². The van der Waals surface area contributed by atoms with Gasteiger partial charge in [-0.3, -0.25) is 0 Å². The van der Waals surface area contributed by atoms with Gasteiger partial charge >= 0.3 is 29.6 Å². The third kappa shape index (κ3) is 14.1. The quantitative estimate of drug-likeness (QED) is 0.173. The minimum atomic E-state index is -1.88. The summed E-state index contributed by atoms with van der Waals surface area (Å²) in [6, 6.07) is 0. The molecule has 0 heterocycles. The molecule has 136 valence electrons. The van der Waals surface area contributed by atoms with E-state index in [9.17, 15) is 20.1 Å². The maximum absolute atomic E-state index is 10.3. The molecular weight excluding hydrogens is 319 g/mol. The van der Waals surface area contributed by atoms with E-state index in [2.05, 4.69) is 6.92 Å². The third-order valence-corrected chi connectivity index (χ3v) is 4.08. The zero-order valence-corrected chi connectivity index (χ0v) is 17.4. The Labute approximate surface area is 168 Å². The zero-order valence-electron chi connectivity index (χ0n) is 15.4. The van der Waals surface area contributed by atoms with Crippen LogP contribution in [0.2, 0.25) is 0 Å². The van der Waals surface area contributed by atoms with Crippen molar-refractivity contribution >= 4 is 5.97 Å². The normalized spacial score (nSPS) is 13.1. The Morgan fingerprint density at radius 1 is 0.833 bits per heavy atom.